The molecular formula is C39H66O6Si4. The van der Waals surface area contributed by atoms with Crippen LogP contribution in [0.1, 0.15) is 83.1 Å². The fraction of sp³-hybridized carbons (Fsp3) is 0.615. The van der Waals surface area contributed by atoms with Crippen molar-refractivity contribution in [3.05, 3.63) is 46.6 Å². The van der Waals surface area contributed by atoms with E-state index < -0.39 is 33.3 Å². The highest BCUT2D eigenvalue weighted by Crippen LogP contribution is 2.47. The van der Waals surface area contributed by atoms with Crippen molar-refractivity contribution < 1.29 is 22.1 Å². The van der Waals surface area contributed by atoms with Crippen molar-refractivity contribution in [1.29, 1.82) is 0 Å². The molecule has 0 atom stereocenters. The van der Waals surface area contributed by atoms with Gasteiger partial charge in [-0.05, 0) is 103 Å². The van der Waals surface area contributed by atoms with Crippen LogP contribution < -0.4 is 23.1 Å². The van der Waals surface area contributed by atoms with Crippen LogP contribution in [0.25, 0.3) is 22.3 Å². The molecule has 1 aromatic heterocycles. The van der Waals surface area contributed by atoms with Crippen LogP contribution in [0.3, 0.4) is 0 Å². The average molecular weight is 743 g/mol. The van der Waals surface area contributed by atoms with Crippen LogP contribution in [0.2, 0.25) is 72.5 Å². The van der Waals surface area contributed by atoms with E-state index in [9.17, 15) is 4.79 Å². The quantitative estimate of drug-likeness (QED) is 0.203. The van der Waals surface area contributed by atoms with E-state index in [0.717, 1.165) is 5.75 Å². The fourth-order valence-electron chi connectivity index (χ4n) is 4.03. The molecule has 3 rings (SSSR count). The Morgan fingerprint density at radius 3 is 1.41 bits per heavy atom. The molecule has 6 nitrogen and oxygen atoms in total. The van der Waals surface area contributed by atoms with Crippen molar-refractivity contribution in [3.63, 3.8) is 0 Å². The standard InChI is InChI=1S/C39H66O6Si4/c1-36(2,3)46(13,14)42-28-22-23-29-31(26-28)41-34(35(33(29)40)45-49(19,20)39(10,11)12)27-21-24-30(43-47(15,16)37(4,5)6)32(25-27)44-48(17,18)38(7,8)9/h21-26H,1-20H3. The molecular weight excluding hydrogens is 677 g/mol. The van der Waals surface area contributed by atoms with Crippen molar-refractivity contribution >= 4 is 44.2 Å². The lowest BCUT2D eigenvalue weighted by Crippen LogP contribution is -2.45. The first-order valence-corrected chi connectivity index (χ1v) is 29.4. The van der Waals surface area contributed by atoms with Gasteiger partial charge in [0.1, 0.15) is 22.8 Å². The van der Waals surface area contributed by atoms with Crippen LogP contribution in [0.15, 0.2) is 45.6 Å². The van der Waals surface area contributed by atoms with E-state index in [2.05, 4.69) is 135 Å². The summed E-state index contributed by atoms with van der Waals surface area (Å²) in [6, 6.07) is 11.5. The molecule has 10 heteroatoms. The van der Waals surface area contributed by atoms with Crippen molar-refractivity contribution in [2.45, 2.75) is 156 Å². The largest absolute Gasteiger partial charge is 0.543 e. The second kappa shape index (κ2) is 13.0. The first-order valence-electron chi connectivity index (χ1n) is 17.7. The molecule has 0 aliphatic heterocycles. The molecule has 0 radical (unpaired) electrons. The van der Waals surface area contributed by atoms with Gasteiger partial charge >= 0.3 is 0 Å². The molecule has 0 spiro atoms. The first kappa shape index (κ1) is 41.1. The fourth-order valence-corrected chi connectivity index (χ4v) is 8.09. The Hall–Kier alpha value is -2.28. The predicted molar refractivity (Wildman–Crippen MR) is 219 cm³/mol. The smallest absolute Gasteiger partial charge is 0.250 e. The number of hydrogen-bond acceptors (Lipinski definition) is 6. The van der Waals surface area contributed by atoms with Crippen LogP contribution in [-0.2, 0) is 0 Å². The van der Waals surface area contributed by atoms with Crippen LogP contribution in [0.5, 0.6) is 23.0 Å². The lowest BCUT2D eigenvalue weighted by Gasteiger charge is -2.40. The Balaban J connectivity index is 2.39. The molecule has 3 aromatic rings. The molecule has 0 fully saturated rings. The maximum Gasteiger partial charge on any atom is 0.250 e. The van der Waals surface area contributed by atoms with Gasteiger partial charge in [0.05, 0.1) is 5.39 Å². The lowest BCUT2D eigenvalue weighted by atomic mass is 10.1. The van der Waals surface area contributed by atoms with Gasteiger partial charge < -0.3 is 22.1 Å². The minimum atomic E-state index is -2.46. The second-order valence-corrected chi connectivity index (χ2v) is 38.8. The van der Waals surface area contributed by atoms with Crippen LogP contribution >= 0.6 is 0 Å². The molecule has 274 valence electrons. The summed E-state index contributed by atoms with van der Waals surface area (Å²) >= 11 is 0. The summed E-state index contributed by atoms with van der Waals surface area (Å²) in [4.78, 5) is 14.5. The van der Waals surface area contributed by atoms with E-state index in [0.29, 0.717) is 33.8 Å². The number of rotatable bonds is 9. The summed E-state index contributed by atoms with van der Waals surface area (Å²) < 4.78 is 34.1. The highest BCUT2D eigenvalue weighted by atomic mass is 28.4. The molecule has 0 saturated carbocycles. The van der Waals surface area contributed by atoms with Gasteiger partial charge in [-0.25, -0.2) is 0 Å². The summed E-state index contributed by atoms with van der Waals surface area (Å²) in [5, 5.41) is 0.312. The summed E-state index contributed by atoms with van der Waals surface area (Å²) in [6.07, 6.45) is 0. The maximum atomic E-state index is 14.5. The highest BCUT2D eigenvalue weighted by molar-refractivity contribution is 6.76. The number of benzene rings is 2. The lowest BCUT2D eigenvalue weighted by molar-refractivity contribution is 0.440. The van der Waals surface area contributed by atoms with Crippen LogP contribution in [-0.4, -0.2) is 33.3 Å². The second-order valence-electron chi connectivity index (χ2n) is 19.9. The Morgan fingerprint density at radius 1 is 0.510 bits per heavy atom. The molecule has 0 unspecified atom stereocenters. The maximum absolute atomic E-state index is 14.5. The third kappa shape index (κ3) is 8.79. The van der Waals surface area contributed by atoms with E-state index in [1.54, 1.807) is 0 Å². The van der Waals surface area contributed by atoms with E-state index in [1.807, 2.05) is 36.4 Å². The molecule has 1 heterocycles. The molecule has 0 saturated heterocycles. The third-order valence-corrected chi connectivity index (χ3v) is 29.1. The van der Waals surface area contributed by atoms with Crippen molar-refractivity contribution in [3.8, 4) is 34.3 Å². The minimum absolute atomic E-state index is 0.000575. The van der Waals surface area contributed by atoms with Crippen LogP contribution in [0.4, 0.5) is 0 Å². The van der Waals surface area contributed by atoms with Gasteiger partial charge in [-0.15, -0.1) is 0 Å². The third-order valence-electron chi connectivity index (χ3n) is 11.7. The molecule has 0 aliphatic carbocycles. The summed E-state index contributed by atoms with van der Waals surface area (Å²) in [6.45, 7) is 44.2. The predicted octanol–water partition coefficient (Wildman–Crippen LogP) is 13.0. The van der Waals surface area contributed by atoms with Crippen LogP contribution in [0, 0.1) is 0 Å². The number of hydrogen-bond donors (Lipinski definition) is 0. The summed E-state index contributed by atoms with van der Waals surface area (Å²) in [5.74, 6) is 2.73. The van der Waals surface area contributed by atoms with Crippen molar-refractivity contribution in [2.75, 3.05) is 0 Å². The van der Waals surface area contributed by atoms with E-state index >= 15 is 0 Å². The summed E-state index contributed by atoms with van der Waals surface area (Å²) in [7, 11) is -9.10. The Morgan fingerprint density at radius 2 is 0.939 bits per heavy atom. The minimum Gasteiger partial charge on any atom is -0.543 e. The number of fused-ring (bicyclic) bond motifs is 1. The van der Waals surface area contributed by atoms with Gasteiger partial charge in [-0.1, -0.05) is 83.1 Å². The van der Waals surface area contributed by atoms with E-state index in [1.165, 1.54) is 0 Å². The van der Waals surface area contributed by atoms with Crippen molar-refractivity contribution in [2.24, 2.45) is 0 Å². The zero-order valence-electron chi connectivity index (χ0n) is 34.4. The normalized spacial score (nSPS) is 14.2. The zero-order chi connectivity index (χ0) is 38.0. The average Bonchev–Trinajstić information content (AvgIpc) is 2.88. The molecule has 0 aliphatic rings. The van der Waals surface area contributed by atoms with Gasteiger partial charge in [0.25, 0.3) is 25.0 Å². The highest BCUT2D eigenvalue weighted by Gasteiger charge is 2.44. The van der Waals surface area contributed by atoms with Crippen molar-refractivity contribution in [1.82, 2.24) is 0 Å². The first-order chi connectivity index (χ1) is 21.7. The van der Waals surface area contributed by atoms with E-state index in [-0.39, 0.29) is 31.3 Å². The van der Waals surface area contributed by atoms with Gasteiger partial charge in [0, 0.05) is 11.6 Å². The Bertz CT molecular complexity index is 1730. The molecule has 49 heavy (non-hydrogen) atoms. The summed E-state index contributed by atoms with van der Waals surface area (Å²) in [5.41, 5.74) is 0.986. The molecule has 0 bridgehead atoms. The molecule has 0 amide bonds. The van der Waals surface area contributed by atoms with E-state index in [4.69, 9.17) is 22.1 Å². The van der Waals surface area contributed by atoms with Gasteiger partial charge in [0.15, 0.2) is 11.5 Å². The topological polar surface area (TPSA) is 67.1 Å². The van der Waals surface area contributed by atoms with Gasteiger partial charge in [0.2, 0.25) is 13.7 Å². The SMILES string of the molecule is CC(C)(C)[Si](C)(C)Oc1ccc2c(=O)c(O[Si](C)(C)C(C)(C)C)c(-c3ccc(O[Si](C)(C)C(C)(C)C)c(O[Si](C)(C)C(C)(C)C)c3)oc2c1. The van der Waals surface area contributed by atoms with Gasteiger partial charge in [-0.2, -0.15) is 0 Å². The monoisotopic (exact) mass is 742 g/mol. The van der Waals surface area contributed by atoms with Gasteiger partial charge in [-0.3, -0.25) is 4.79 Å². The molecule has 0 N–H and O–H groups in total. The Kier molecular flexibility index (Phi) is 11.0. The Labute approximate surface area is 301 Å². The zero-order valence-corrected chi connectivity index (χ0v) is 38.4. The molecule has 2 aromatic carbocycles.